The second-order valence-electron chi connectivity index (χ2n) is 7.94. The van der Waals surface area contributed by atoms with Gasteiger partial charge in [-0.2, -0.15) is 0 Å². The van der Waals surface area contributed by atoms with Crippen LogP contribution >= 0.6 is 0 Å². The number of nitro benzene ring substituents is 1. The Morgan fingerprint density at radius 2 is 1.31 bits per heavy atom. The standard InChI is InChI=1S/C11H13N3O3.C11H15N3O/c1-12-5-6-13(11(15)8-12)9-3-2-4-10(7-9)14(16)17;1-13-5-6-14(11(15)8-13)10-4-2-3-9(12)7-10/h2-4,7H,5-6,8H2,1H3;2-4,7H,5-6,8,12H2,1H3. The van der Waals surface area contributed by atoms with Crippen LogP contribution in [-0.2, 0) is 9.59 Å². The zero-order valence-corrected chi connectivity index (χ0v) is 18.3. The summed E-state index contributed by atoms with van der Waals surface area (Å²) in [6, 6.07) is 13.6. The number of nitrogen functional groups attached to an aromatic ring is 1. The molecular formula is C22H28N6O4. The van der Waals surface area contributed by atoms with Crippen molar-refractivity contribution in [2.75, 3.05) is 68.9 Å². The van der Waals surface area contributed by atoms with E-state index in [2.05, 4.69) is 0 Å². The second-order valence-corrected chi connectivity index (χ2v) is 7.94. The first-order valence-corrected chi connectivity index (χ1v) is 10.3. The van der Waals surface area contributed by atoms with Crippen molar-refractivity contribution in [3.8, 4) is 0 Å². The smallest absolute Gasteiger partial charge is 0.271 e. The number of amides is 2. The van der Waals surface area contributed by atoms with Gasteiger partial charge in [0.2, 0.25) is 11.8 Å². The summed E-state index contributed by atoms with van der Waals surface area (Å²) in [5.74, 6) is 0.105. The highest BCUT2D eigenvalue weighted by Crippen LogP contribution is 2.22. The van der Waals surface area contributed by atoms with E-state index in [1.807, 2.05) is 48.2 Å². The molecule has 2 aliphatic rings. The number of carbonyl (C=O) groups excluding carboxylic acids is 2. The highest BCUT2D eigenvalue weighted by atomic mass is 16.6. The van der Waals surface area contributed by atoms with E-state index in [4.69, 9.17) is 5.73 Å². The van der Waals surface area contributed by atoms with E-state index in [1.165, 1.54) is 12.1 Å². The molecule has 4 rings (SSSR count). The molecule has 0 aliphatic carbocycles. The monoisotopic (exact) mass is 440 g/mol. The van der Waals surface area contributed by atoms with E-state index in [-0.39, 0.29) is 17.5 Å². The third-order valence-electron chi connectivity index (χ3n) is 5.36. The summed E-state index contributed by atoms with van der Waals surface area (Å²) in [4.78, 5) is 41.1. The van der Waals surface area contributed by atoms with Gasteiger partial charge in [-0.25, -0.2) is 0 Å². The lowest BCUT2D eigenvalue weighted by Gasteiger charge is -2.32. The Bertz CT molecular complexity index is 998. The van der Waals surface area contributed by atoms with Crippen molar-refractivity contribution in [3.63, 3.8) is 0 Å². The van der Waals surface area contributed by atoms with E-state index in [1.54, 1.807) is 21.9 Å². The number of nitrogens with two attached hydrogens (primary N) is 1. The molecule has 0 spiro atoms. The number of likely N-dealkylation sites (N-methyl/N-ethyl adjacent to an activating group) is 2. The van der Waals surface area contributed by atoms with Gasteiger partial charge in [0, 0.05) is 49.7 Å². The van der Waals surface area contributed by atoms with Crippen molar-refractivity contribution in [1.82, 2.24) is 9.80 Å². The molecule has 0 radical (unpaired) electrons. The van der Waals surface area contributed by atoms with Crippen molar-refractivity contribution in [2.45, 2.75) is 0 Å². The molecular weight excluding hydrogens is 412 g/mol. The van der Waals surface area contributed by atoms with E-state index in [0.717, 1.165) is 25.3 Å². The second kappa shape index (κ2) is 10.2. The van der Waals surface area contributed by atoms with Crippen molar-refractivity contribution < 1.29 is 14.5 Å². The minimum Gasteiger partial charge on any atom is -0.399 e. The van der Waals surface area contributed by atoms with Crippen molar-refractivity contribution in [3.05, 3.63) is 58.6 Å². The molecule has 10 heteroatoms. The number of nitro groups is 1. The number of hydrogen-bond acceptors (Lipinski definition) is 7. The fraction of sp³-hybridized carbons (Fsp3) is 0.364. The summed E-state index contributed by atoms with van der Waals surface area (Å²) in [6.07, 6.45) is 0. The van der Waals surface area contributed by atoms with Crippen LogP contribution in [-0.4, -0.2) is 79.9 Å². The Labute approximate surface area is 186 Å². The van der Waals surface area contributed by atoms with Gasteiger partial charge in [-0.15, -0.1) is 0 Å². The van der Waals surface area contributed by atoms with Crippen molar-refractivity contribution in [2.24, 2.45) is 0 Å². The average Bonchev–Trinajstić information content (AvgIpc) is 2.74. The van der Waals surface area contributed by atoms with Gasteiger partial charge < -0.3 is 15.5 Å². The maximum Gasteiger partial charge on any atom is 0.271 e. The Hall–Kier alpha value is -3.50. The van der Waals surface area contributed by atoms with Crippen LogP contribution in [0.25, 0.3) is 0 Å². The van der Waals surface area contributed by atoms with Gasteiger partial charge in [0.05, 0.1) is 23.7 Å². The maximum atomic E-state index is 11.8. The molecule has 170 valence electrons. The first-order valence-electron chi connectivity index (χ1n) is 10.3. The summed E-state index contributed by atoms with van der Waals surface area (Å²) in [5.41, 5.74) is 7.88. The van der Waals surface area contributed by atoms with Crippen molar-refractivity contribution in [1.29, 1.82) is 0 Å². The molecule has 2 aromatic carbocycles. The van der Waals surface area contributed by atoms with Crippen LogP contribution in [0, 0.1) is 10.1 Å². The predicted molar refractivity (Wildman–Crippen MR) is 124 cm³/mol. The van der Waals surface area contributed by atoms with Crippen LogP contribution in [0.4, 0.5) is 22.7 Å². The van der Waals surface area contributed by atoms with Crippen LogP contribution in [0.3, 0.4) is 0 Å². The van der Waals surface area contributed by atoms with Crippen LogP contribution in [0.5, 0.6) is 0 Å². The summed E-state index contributed by atoms with van der Waals surface area (Å²) in [5, 5.41) is 10.7. The molecule has 10 nitrogen and oxygen atoms in total. The summed E-state index contributed by atoms with van der Waals surface area (Å²) < 4.78 is 0. The van der Waals surface area contributed by atoms with E-state index < -0.39 is 4.92 Å². The van der Waals surface area contributed by atoms with Gasteiger partial charge in [-0.1, -0.05) is 12.1 Å². The van der Waals surface area contributed by atoms with Crippen LogP contribution in [0.15, 0.2) is 48.5 Å². The van der Waals surface area contributed by atoms with Gasteiger partial charge >= 0.3 is 0 Å². The molecule has 2 aromatic rings. The van der Waals surface area contributed by atoms with Crippen LogP contribution < -0.4 is 15.5 Å². The number of benzene rings is 2. The predicted octanol–water partition coefficient (Wildman–Crippen LogP) is 1.42. The maximum absolute atomic E-state index is 11.8. The van der Waals surface area contributed by atoms with E-state index in [9.17, 15) is 19.7 Å². The highest BCUT2D eigenvalue weighted by Gasteiger charge is 2.24. The SMILES string of the molecule is CN1CCN(c2cccc(N)c2)C(=O)C1.CN1CCN(c2cccc([N+](=O)[O-])c2)C(=O)C1. The Morgan fingerprint density at radius 1 is 0.812 bits per heavy atom. The first kappa shape index (κ1) is 23.2. The van der Waals surface area contributed by atoms with Gasteiger partial charge in [-0.3, -0.25) is 29.5 Å². The molecule has 2 aliphatic heterocycles. The zero-order chi connectivity index (χ0) is 23.3. The molecule has 2 amide bonds. The molecule has 32 heavy (non-hydrogen) atoms. The third-order valence-corrected chi connectivity index (χ3v) is 5.36. The number of carbonyl (C=O) groups is 2. The first-order chi connectivity index (χ1) is 15.2. The van der Waals surface area contributed by atoms with Gasteiger partial charge in [0.25, 0.3) is 5.69 Å². The minimum atomic E-state index is -0.454. The quantitative estimate of drug-likeness (QED) is 0.436. The molecule has 2 heterocycles. The topological polar surface area (TPSA) is 116 Å². The third kappa shape index (κ3) is 5.80. The summed E-state index contributed by atoms with van der Waals surface area (Å²) >= 11 is 0. The number of nitrogens with zero attached hydrogens (tertiary/aromatic N) is 5. The Morgan fingerprint density at radius 3 is 1.78 bits per heavy atom. The number of piperazine rings is 2. The lowest BCUT2D eigenvalue weighted by Crippen LogP contribution is -2.48. The number of rotatable bonds is 3. The van der Waals surface area contributed by atoms with Crippen LogP contribution in [0.2, 0.25) is 0 Å². The molecule has 0 bridgehead atoms. The molecule has 0 saturated carbocycles. The fourth-order valence-corrected chi connectivity index (χ4v) is 3.59. The van der Waals surface area contributed by atoms with E-state index >= 15 is 0 Å². The van der Waals surface area contributed by atoms with Crippen LogP contribution in [0.1, 0.15) is 0 Å². The number of non-ortho nitro benzene ring substituents is 1. The Kier molecular flexibility index (Phi) is 7.39. The average molecular weight is 441 g/mol. The fourth-order valence-electron chi connectivity index (χ4n) is 3.59. The molecule has 2 N–H and O–H groups in total. The molecule has 0 atom stereocenters. The van der Waals surface area contributed by atoms with Gasteiger partial charge in [-0.05, 0) is 38.4 Å². The lowest BCUT2D eigenvalue weighted by atomic mass is 10.2. The van der Waals surface area contributed by atoms with Gasteiger partial charge in [0.1, 0.15) is 0 Å². The molecule has 0 unspecified atom stereocenters. The summed E-state index contributed by atoms with van der Waals surface area (Å²) in [7, 11) is 3.83. The van der Waals surface area contributed by atoms with E-state index in [0.29, 0.717) is 31.0 Å². The summed E-state index contributed by atoms with van der Waals surface area (Å²) in [6.45, 7) is 3.81. The highest BCUT2D eigenvalue weighted by molar-refractivity contribution is 5.96. The minimum absolute atomic E-state index is 0.00854. The molecule has 2 fully saturated rings. The number of hydrogen-bond donors (Lipinski definition) is 1. The molecule has 0 aromatic heterocycles. The van der Waals surface area contributed by atoms with Gasteiger partial charge in [0.15, 0.2) is 0 Å². The zero-order valence-electron chi connectivity index (χ0n) is 18.3. The number of anilines is 3. The molecule has 2 saturated heterocycles. The largest absolute Gasteiger partial charge is 0.399 e. The van der Waals surface area contributed by atoms with Crippen molar-refractivity contribution >= 4 is 34.6 Å². The lowest BCUT2D eigenvalue weighted by molar-refractivity contribution is -0.384. The normalized spacial score (nSPS) is 17.7. The Balaban J connectivity index is 0.000000182.